The highest BCUT2D eigenvalue weighted by Gasteiger charge is 1.87. The molecule has 0 bridgehead atoms. The average Bonchev–Trinajstić information content (AvgIpc) is 2.43. The van der Waals surface area contributed by atoms with Gasteiger partial charge in [-0.15, -0.1) is 0 Å². The Morgan fingerprint density at radius 2 is 1.32 bits per heavy atom. The van der Waals surface area contributed by atoms with Crippen LogP contribution in [0.2, 0.25) is 0 Å². The number of unbranched alkanes of at least 4 members (excludes halogenated alkanes) is 3. The summed E-state index contributed by atoms with van der Waals surface area (Å²) in [7, 11) is 0. The second-order valence-corrected chi connectivity index (χ2v) is 4.01. The summed E-state index contributed by atoms with van der Waals surface area (Å²) in [5.41, 5.74) is 1.32. The molecule has 0 aliphatic rings. The predicted octanol–water partition coefficient (Wildman–Crippen LogP) is 3.21. The van der Waals surface area contributed by atoms with Crippen molar-refractivity contribution in [2.45, 2.75) is 32.6 Å². The van der Waals surface area contributed by atoms with Crippen LogP contribution >= 0.6 is 0 Å². The Morgan fingerprint density at radius 1 is 0.842 bits per heavy atom. The van der Waals surface area contributed by atoms with E-state index in [-0.39, 0.29) is 0 Å². The van der Waals surface area contributed by atoms with Crippen molar-refractivity contribution in [3.8, 4) is 0 Å². The Balaban J connectivity index is 0.000000388. The van der Waals surface area contributed by atoms with Crippen molar-refractivity contribution in [1.29, 1.82) is 0 Å². The fraction of sp³-hybridized carbons (Fsp3) is 0.467. The number of nitrogens with zero attached hydrogens (tertiary/aromatic N) is 2. The summed E-state index contributed by atoms with van der Waals surface area (Å²) in [6, 6.07) is 10.3. The zero-order chi connectivity index (χ0) is 14.2. The average molecular weight is 260 g/mol. The van der Waals surface area contributed by atoms with Crippen LogP contribution in [-0.2, 0) is 9.59 Å². The lowest BCUT2D eigenvalue weighted by Crippen LogP contribution is -1.84. The van der Waals surface area contributed by atoms with Gasteiger partial charge < -0.3 is 0 Å². The maximum Gasteiger partial charge on any atom is 0.234 e. The summed E-state index contributed by atoms with van der Waals surface area (Å²) in [6.45, 7) is 3.20. The molecule has 0 aromatic heterocycles. The first-order valence-corrected chi connectivity index (χ1v) is 6.40. The molecule has 102 valence electrons. The third kappa shape index (κ3) is 13.9. The van der Waals surface area contributed by atoms with E-state index in [1.54, 1.807) is 0 Å². The van der Waals surface area contributed by atoms with Crippen LogP contribution in [0.3, 0.4) is 0 Å². The van der Waals surface area contributed by atoms with E-state index in [9.17, 15) is 9.59 Å². The molecule has 0 heterocycles. The van der Waals surface area contributed by atoms with E-state index >= 15 is 0 Å². The number of aliphatic imine (C=N–C) groups is 2. The van der Waals surface area contributed by atoms with Crippen molar-refractivity contribution in [3.63, 3.8) is 0 Å². The Labute approximate surface area is 114 Å². The van der Waals surface area contributed by atoms with Gasteiger partial charge >= 0.3 is 0 Å². The number of hydrogen-bond donors (Lipinski definition) is 0. The Kier molecular flexibility index (Phi) is 12.5. The van der Waals surface area contributed by atoms with E-state index in [0.717, 1.165) is 25.7 Å². The highest BCUT2D eigenvalue weighted by Crippen LogP contribution is 1.99. The molecule has 1 aromatic carbocycles. The van der Waals surface area contributed by atoms with Gasteiger partial charge in [0.25, 0.3) is 0 Å². The number of aryl methyl sites for hydroxylation is 1. The SMILES string of the molecule is Cc1ccccc1.O=C=NCCCCCCN=C=O. The summed E-state index contributed by atoms with van der Waals surface area (Å²) < 4.78 is 0. The van der Waals surface area contributed by atoms with Crippen LogP contribution in [0.1, 0.15) is 31.2 Å². The highest BCUT2D eigenvalue weighted by molar-refractivity contribution is 5.32. The Hall–Kier alpha value is -2.02. The van der Waals surface area contributed by atoms with Gasteiger partial charge in [0.1, 0.15) is 0 Å². The van der Waals surface area contributed by atoms with Crippen molar-refractivity contribution in [1.82, 2.24) is 0 Å². The number of isocyanates is 2. The van der Waals surface area contributed by atoms with Gasteiger partial charge in [0.15, 0.2) is 0 Å². The zero-order valence-electron chi connectivity index (χ0n) is 11.3. The molecule has 0 N–H and O–H groups in total. The molecule has 4 nitrogen and oxygen atoms in total. The third-order valence-corrected chi connectivity index (χ3v) is 2.36. The molecule has 1 rings (SSSR count). The van der Waals surface area contributed by atoms with Crippen LogP contribution in [0, 0.1) is 6.92 Å². The van der Waals surface area contributed by atoms with Crippen LogP contribution < -0.4 is 0 Å². The summed E-state index contributed by atoms with van der Waals surface area (Å²) >= 11 is 0. The number of hydrogen-bond acceptors (Lipinski definition) is 4. The van der Waals surface area contributed by atoms with E-state index in [4.69, 9.17) is 0 Å². The van der Waals surface area contributed by atoms with Gasteiger partial charge in [-0.25, -0.2) is 19.6 Å². The van der Waals surface area contributed by atoms with E-state index < -0.39 is 0 Å². The summed E-state index contributed by atoms with van der Waals surface area (Å²) in [5, 5.41) is 0. The molecule has 19 heavy (non-hydrogen) atoms. The molecule has 0 aliphatic heterocycles. The van der Waals surface area contributed by atoms with Crippen LogP contribution in [0.25, 0.3) is 0 Å². The van der Waals surface area contributed by atoms with Gasteiger partial charge in [0.05, 0.1) is 13.1 Å². The lowest BCUT2D eigenvalue weighted by atomic mass is 10.2. The number of benzene rings is 1. The fourth-order valence-electron chi connectivity index (χ4n) is 1.36. The molecular formula is C15H20N2O2. The molecule has 0 spiro atoms. The van der Waals surface area contributed by atoms with Crippen LogP contribution in [0.4, 0.5) is 0 Å². The predicted molar refractivity (Wildman–Crippen MR) is 75.6 cm³/mol. The largest absolute Gasteiger partial charge is 0.234 e. The standard InChI is InChI=1S/C8H12N2O2.C7H8/c11-7-9-5-3-1-2-4-6-10-8-12;1-7-5-3-2-4-6-7/h1-6H2;2-6H,1H3. The minimum Gasteiger partial charge on any atom is -0.211 e. The number of rotatable bonds is 7. The van der Waals surface area contributed by atoms with Crippen LogP contribution in [0.15, 0.2) is 40.3 Å². The smallest absolute Gasteiger partial charge is 0.211 e. The Bertz CT molecular complexity index is 383. The lowest BCUT2D eigenvalue weighted by molar-refractivity contribution is 0.558. The molecule has 0 amide bonds. The first-order valence-electron chi connectivity index (χ1n) is 6.40. The molecule has 0 fully saturated rings. The van der Waals surface area contributed by atoms with Crippen molar-refractivity contribution in [3.05, 3.63) is 35.9 Å². The van der Waals surface area contributed by atoms with Crippen molar-refractivity contribution >= 4 is 12.2 Å². The maximum absolute atomic E-state index is 9.63. The first kappa shape index (κ1) is 17.0. The molecule has 4 heteroatoms. The summed E-state index contributed by atoms with van der Waals surface area (Å²) in [6.07, 6.45) is 6.80. The molecule has 0 aliphatic carbocycles. The van der Waals surface area contributed by atoms with E-state index in [1.807, 2.05) is 18.2 Å². The summed E-state index contributed by atoms with van der Waals surface area (Å²) in [5.74, 6) is 0. The quantitative estimate of drug-likeness (QED) is 0.429. The van der Waals surface area contributed by atoms with E-state index in [0.29, 0.717) is 13.1 Å². The minimum atomic E-state index is 0.556. The second kappa shape index (κ2) is 14.0. The number of carbonyl (C=O) groups excluding carboxylic acids is 2. The van der Waals surface area contributed by atoms with Crippen LogP contribution in [0.5, 0.6) is 0 Å². The van der Waals surface area contributed by atoms with Gasteiger partial charge in [-0.2, -0.15) is 0 Å². The van der Waals surface area contributed by atoms with Crippen molar-refractivity contribution in [2.24, 2.45) is 9.98 Å². The molecule has 0 saturated carbocycles. The van der Waals surface area contributed by atoms with Crippen molar-refractivity contribution < 1.29 is 9.59 Å². The third-order valence-electron chi connectivity index (χ3n) is 2.36. The lowest BCUT2D eigenvalue weighted by Gasteiger charge is -1.93. The normalized spacial score (nSPS) is 8.47. The summed E-state index contributed by atoms with van der Waals surface area (Å²) in [4.78, 5) is 26.1. The van der Waals surface area contributed by atoms with Crippen LogP contribution in [-0.4, -0.2) is 25.2 Å². The Morgan fingerprint density at radius 3 is 1.63 bits per heavy atom. The monoisotopic (exact) mass is 260 g/mol. The topological polar surface area (TPSA) is 58.9 Å². The molecule has 0 unspecified atom stereocenters. The maximum atomic E-state index is 9.63. The van der Waals surface area contributed by atoms with E-state index in [1.165, 1.54) is 17.7 Å². The highest BCUT2D eigenvalue weighted by atomic mass is 16.1. The molecule has 0 atom stereocenters. The van der Waals surface area contributed by atoms with Gasteiger partial charge in [0.2, 0.25) is 12.2 Å². The van der Waals surface area contributed by atoms with Gasteiger partial charge in [0, 0.05) is 0 Å². The van der Waals surface area contributed by atoms with E-state index in [2.05, 4.69) is 29.0 Å². The van der Waals surface area contributed by atoms with Gasteiger partial charge in [-0.1, -0.05) is 48.7 Å². The molecule has 1 aromatic rings. The molecule has 0 saturated heterocycles. The van der Waals surface area contributed by atoms with Crippen molar-refractivity contribution in [2.75, 3.05) is 13.1 Å². The zero-order valence-corrected chi connectivity index (χ0v) is 11.3. The van der Waals surface area contributed by atoms with Gasteiger partial charge in [-0.3, -0.25) is 0 Å². The van der Waals surface area contributed by atoms with Gasteiger partial charge in [-0.05, 0) is 19.8 Å². The second-order valence-electron chi connectivity index (χ2n) is 4.01. The molecule has 0 radical (unpaired) electrons. The first-order chi connectivity index (χ1) is 9.31. The fourth-order valence-corrected chi connectivity index (χ4v) is 1.36. The minimum absolute atomic E-state index is 0.556. The molecular weight excluding hydrogens is 240 g/mol.